The second-order valence-electron chi connectivity index (χ2n) is 5.45. The molecule has 0 saturated heterocycles. The summed E-state index contributed by atoms with van der Waals surface area (Å²) in [6.07, 6.45) is 0.967. The van der Waals surface area contributed by atoms with Crippen molar-refractivity contribution in [2.75, 3.05) is 17.3 Å². The molecule has 0 unspecified atom stereocenters. The quantitative estimate of drug-likeness (QED) is 0.458. The van der Waals surface area contributed by atoms with E-state index < -0.39 is 27.4 Å². The van der Waals surface area contributed by atoms with Crippen LogP contribution in [0.1, 0.15) is 17.3 Å². The fraction of sp³-hybridized carbons (Fsp3) is 0.176. The summed E-state index contributed by atoms with van der Waals surface area (Å²) >= 11 is 0.871. The first kappa shape index (κ1) is 20.1. The van der Waals surface area contributed by atoms with Crippen molar-refractivity contribution in [3.05, 3.63) is 53.6 Å². The highest BCUT2D eigenvalue weighted by Crippen LogP contribution is 2.24. The topological polar surface area (TPSA) is 80.3 Å². The molecule has 138 valence electrons. The predicted molar refractivity (Wildman–Crippen MR) is 95.3 cm³/mol. The van der Waals surface area contributed by atoms with Crippen LogP contribution in [-0.2, 0) is 14.6 Å². The van der Waals surface area contributed by atoms with Crippen molar-refractivity contribution in [1.82, 2.24) is 0 Å². The van der Waals surface area contributed by atoms with Crippen LogP contribution >= 0.6 is 11.8 Å². The average molecular weight is 399 g/mol. The van der Waals surface area contributed by atoms with Gasteiger partial charge in [-0.2, -0.15) is 0 Å². The Hall–Kier alpha value is -2.26. The molecule has 1 N–H and O–H groups in total. The fourth-order valence-corrected chi connectivity index (χ4v) is 3.36. The summed E-state index contributed by atoms with van der Waals surface area (Å²) < 4.78 is 50.7. The zero-order chi connectivity index (χ0) is 19.5. The second kappa shape index (κ2) is 7.96. The van der Waals surface area contributed by atoms with Gasteiger partial charge in [0.15, 0.2) is 15.6 Å². The molecule has 0 fully saturated rings. The standard InChI is InChI=1S/C17H15F2NO4S2/c1-10(21)11-3-6-16(14(19)7-11)25-9-17(22)20-15-8-12(26(2,23)24)4-5-13(15)18/h3-8H,9H2,1-2H3,(H,20,22). The molecule has 0 aliphatic carbocycles. The maximum absolute atomic E-state index is 13.9. The summed E-state index contributed by atoms with van der Waals surface area (Å²) in [5.74, 6) is -2.55. The number of ketones is 1. The van der Waals surface area contributed by atoms with Crippen LogP contribution in [0.4, 0.5) is 14.5 Å². The third kappa shape index (κ3) is 5.12. The van der Waals surface area contributed by atoms with Crippen molar-refractivity contribution < 1.29 is 26.8 Å². The number of carbonyl (C=O) groups is 2. The molecule has 0 radical (unpaired) electrons. The van der Waals surface area contributed by atoms with E-state index in [4.69, 9.17) is 0 Å². The largest absolute Gasteiger partial charge is 0.323 e. The zero-order valence-corrected chi connectivity index (χ0v) is 15.5. The Labute approximate surface area is 153 Å². The van der Waals surface area contributed by atoms with E-state index in [9.17, 15) is 26.8 Å². The van der Waals surface area contributed by atoms with E-state index in [1.54, 1.807) is 0 Å². The number of benzene rings is 2. The van der Waals surface area contributed by atoms with Gasteiger partial charge in [0.1, 0.15) is 11.6 Å². The van der Waals surface area contributed by atoms with Gasteiger partial charge in [0.25, 0.3) is 0 Å². The number of anilines is 1. The number of thioether (sulfide) groups is 1. The van der Waals surface area contributed by atoms with E-state index in [2.05, 4.69) is 5.32 Å². The lowest BCUT2D eigenvalue weighted by atomic mass is 10.1. The number of Topliss-reactive ketones (excluding diaryl/α,β-unsaturated/α-hetero) is 1. The lowest BCUT2D eigenvalue weighted by Gasteiger charge is -2.09. The predicted octanol–water partition coefficient (Wildman–Crippen LogP) is 3.30. The number of halogens is 2. The lowest BCUT2D eigenvalue weighted by molar-refractivity contribution is -0.113. The van der Waals surface area contributed by atoms with Crippen molar-refractivity contribution in [3.8, 4) is 0 Å². The second-order valence-corrected chi connectivity index (χ2v) is 8.48. The summed E-state index contributed by atoms with van der Waals surface area (Å²) in [4.78, 5) is 23.2. The van der Waals surface area contributed by atoms with Crippen LogP contribution in [0.15, 0.2) is 46.2 Å². The van der Waals surface area contributed by atoms with Crippen LogP contribution in [0.2, 0.25) is 0 Å². The molecule has 0 heterocycles. The Morgan fingerprint density at radius 1 is 1.08 bits per heavy atom. The smallest absolute Gasteiger partial charge is 0.234 e. The number of nitrogens with one attached hydrogen (secondary N) is 1. The summed E-state index contributed by atoms with van der Waals surface area (Å²) in [6, 6.07) is 6.98. The van der Waals surface area contributed by atoms with Crippen LogP contribution in [0.5, 0.6) is 0 Å². The van der Waals surface area contributed by atoms with Crippen molar-refractivity contribution in [3.63, 3.8) is 0 Å². The molecule has 0 saturated carbocycles. The van der Waals surface area contributed by atoms with Crippen LogP contribution in [0.3, 0.4) is 0 Å². The molecule has 2 aromatic rings. The monoisotopic (exact) mass is 399 g/mol. The van der Waals surface area contributed by atoms with Crippen molar-refractivity contribution in [1.29, 1.82) is 0 Å². The molecule has 26 heavy (non-hydrogen) atoms. The molecule has 2 rings (SSSR count). The SMILES string of the molecule is CC(=O)c1ccc(SCC(=O)Nc2cc(S(C)(=O)=O)ccc2F)c(F)c1. The van der Waals surface area contributed by atoms with Gasteiger partial charge < -0.3 is 5.32 Å². The van der Waals surface area contributed by atoms with E-state index in [-0.39, 0.29) is 32.6 Å². The first-order valence-corrected chi connectivity index (χ1v) is 10.2. The summed E-state index contributed by atoms with van der Waals surface area (Å²) in [5, 5.41) is 2.27. The van der Waals surface area contributed by atoms with Gasteiger partial charge in [-0.3, -0.25) is 9.59 Å². The molecular formula is C17H15F2NO4S2. The minimum Gasteiger partial charge on any atom is -0.323 e. The Bertz CT molecular complexity index is 975. The van der Waals surface area contributed by atoms with Crippen LogP contribution in [0.25, 0.3) is 0 Å². The van der Waals surface area contributed by atoms with Gasteiger partial charge in [-0.1, -0.05) is 6.07 Å². The molecule has 0 atom stereocenters. The highest BCUT2D eigenvalue weighted by atomic mass is 32.2. The van der Waals surface area contributed by atoms with Gasteiger partial charge in [-0.25, -0.2) is 17.2 Å². The van der Waals surface area contributed by atoms with Gasteiger partial charge in [-0.05, 0) is 37.3 Å². The van der Waals surface area contributed by atoms with Gasteiger partial charge in [0, 0.05) is 16.7 Å². The number of hydrogen-bond donors (Lipinski definition) is 1. The van der Waals surface area contributed by atoms with E-state index in [1.807, 2.05) is 0 Å². The first-order valence-electron chi connectivity index (χ1n) is 7.30. The molecule has 0 aromatic heterocycles. The van der Waals surface area contributed by atoms with Gasteiger partial charge in [0.05, 0.1) is 16.3 Å². The Morgan fingerprint density at radius 2 is 1.77 bits per heavy atom. The Kier molecular flexibility index (Phi) is 6.14. The third-order valence-corrected chi connectivity index (χ3v) is 5.50. The van der Waals surface area contributed by atoms with Crippen molar-refractivity contribution in [2.45, 2.75) is 16.7 Å². The van der Waals surface area contributed by atoms with Gasteiger partial charge in [-0.15, -0.1) is 11.8 Å². The fourth-order valence-electron chi connectivity index (χ4n) is 2.00. The number of sulfone groups is 1. The first-order chi connectivity index (χ1) is 12.1. The summed E-state index contributed by atoms with van der Waals surface area (Å²) in [7, 11) is -3.55. The van der Waals surface area contributed by atoms with Gasteiger partial charge in [0.2, 0.25) is 5.91 Å². The number of hydrogen-bond acceptors (Lipinski definition) is 5. The normalized spacial score (nSPS) is 11.2. The third-order valence-electron chi connectivity index (χ3n) is 3.34. The maximum Gasteiger partial charge on any atom is 0.234 e. The van der Waals surface area contributed by atoms with E-state index in [0.717, 1.165) is 42.3 Å². The molecule has 0 spiro atoms. The van der Waals surface area contributed by atoms with Crippen LogP contribution < -0.4 is 5.32 Å². The molecule has 0 aliphatic rings. The molecule has 5 nitrogen and oxygen atoms in total. The average Bonchev–Trinajstić information content (AvgIpc) is 2.54. The van der Waals surface area contributed by atoms with E-state index in [0.29, 0.717) is 0 Å². The minimum absolute atomic E-state index is 0.132. The minimum atomic E-state index is -3.55. The summed E-state index contributed by atoms with van der Waals surface area (Å²) in [6.45, 7) is 1.31. The van der Waals surface area contributed by atoms with Crippen molar-refractivity contribution >= 4 is 39.0 Å². The van der Waals surface area contributed by atoms with Gasteiger partial charge >= 0.3 is 0 Å². The number of amides is 1. The van der Waals surface area contributed by atoms with E-state index >= 15 is 0 Å². The molecule has 0 aliphatic heterocycles. The Balaban J connectivity index is 2.07. The number of rotatable bonds is 6. The molecular weight excluding hydrogens is 384 g/mol. The highest BCUT2D eigenvalue weighted by Gasteiger charge is 2.14. The Morgan fingerprint density at radius 3 is 2.35 bits per heavy atom. The molecule has 1 amide bonds. The lowest BCUT2D eigenvalue weighted by Crippen LogP contribution is -2.15. The van der Waals surface area contributed by atoms with E-state index in [1.165, 1.54) is 19.1 Å². The maximum atomic E-state index is 13.9. The van der Waals surface area contributed by atoms with Crippen LogP contribution in [0, 0.1) is 11.6 Å². The van der Waals surface area contributed by atoms with Crippen LogP contribution in [-0.4, -0.2) is 32.1 Å². The summed E-state index contributed by atoms with van der Waals surface area (Å²) in [5.41, 5.74) is -0.0538. The van der Waals surface area contributed by atoms with Crippen molar-refractivity contribution in [2.24, 2.45) is 0 Å². The molecule has 9 heteroatoms. The molecule has 0 bridgehead atoms. The zero-order valence-electron chi connectivity index (χ0n) is 13.9. The molecule has 2 aromatic carbocycles. The number of carbonyl (C=O) groups excluding carboxylic acids is 2. The highest BCUT2D eigenvalue weighted by molar-refractivity contribution is 8.00.